The van der Waals surface area contributed by atoms with Gasteiger partial charge >= 0.3 is 0 Å². The monoisotopic (exact) mass is 363 g/mol. The first-order valence-corrected chi connectivity index (χ1v) is 8.87. The Bertz CT molecular complexity index is 811. The highest BCUT2D eigenvalue weighted by molar-refractivity contribution is 7.19. The van der Waals surface area contributed by atoms with Crippen molar-refractivity contribution in [3.8, 4) is 0 Å². The van der Waals surface area contributed by atoms with Crippen molar-refractivity contribution in [2.45, 2.75) is 19.4 Å². The number of fused-ring (bicyclic) bond motifs is 1. The van der Waals surface area contributed by atoms with Gasteiger partial charge in [-0.2, -0.15) is 0 Å². The molecular formula is C18H15Cl2NOS. The quantitative estimate of drug-likeness (QED) is 0.640. The minimum absolute atomic E-state index is 0.0357. The summed E-state index contributed by atoms with van der Waals surface area (Å²) in [7, 11) is 0. The Morgan fingerprint density at radius 1 is 1.04 bits per heavy atom. The summed E-state index contributed by atoms with van der Waals surface area (Å²) < 4.78 is 1.26. The van der Waals surface area contributed by atoms with E-state index in [0.717, 1.165) is 12.0 Å². The van der Waals surface area contributed by atoms with E-state index in [2.05, 4.69) is 23.5 Å². The third-order valence-electron chi connectivity index (χ3n) is 3.55. The number of nitrogens with one attached hydrogen (secondary N) is 1. The van der Waals surface area contributed by atoms with Crippen LogP contribution in [0.2, 0.25) is 10.0 Å². The van der Waals surface area contributed by atoms with E-state index < -0.39 is 0 Å². The van der Waals surface area contributed by atoms with Crippen molar-refractivity contribution in [1.29, 1.82) is 0 Å². The van der Waals surface area contributed by atoms with Crippen LogP contribution in [-0.2, 0) is 17.8 Å². The topological polar surface area (TPSA) is 29.1 Å². The minimum atomic E-state index is 0.0357. The Labute approximate surface area is 149 Å². The highest BCUT2D eigenvalue weighted by atomic mass is 35.5. The molecule has 0 radical (unpaired) electrons. The molecule has 0 spiro atoms. The zero-order chi connectivity index (χ0) is 16.2. The predicted octanol–water partition coefficient (Wildman–Crippen LogP) is 5.46. The fourth-order valence-electron chi connectivity index (χ4n) is 2.34. The molecule has 0 fully saturated rings. The van der Waals surface area contributed by atoms with Crippen molar-refractivity contribution in [2.75, 3.05) is 0 Å². The fourth-order valence-corrected chi connectivity index (χ4v) is 3.72. The van der Waals surface area contributed by atoms with Gasteiger partial charge in [-0.15, -0.1) is 11.3 Å². The van der Waals surface area contributed by atoms with Gasteiger partial charge in [-0.3, -0.25) is 4.79 Å². The van der Waals surface area contributed by atoms with Gasteiger partial charge in [0.2, 0.25) is 5.91 Å². The van der Waals surface area contributed by atoms with Gasteiger partial charge in [0, 0.05) is 22.5 Å². The normalized spacial score (nSPS) is 10.9. The highest BCUT2D eigenvalue weighted by Gasteiger charge is 2.06. The van der Waals surface area contributed by atoms with Crippen LogP contribution in [0.4, 0.5) is 0 Å². The van der Waals surface area contributed by atoms with Gasteiger partial charge in [0.1, 0.15) is 0 Å². The summed E-state index contributed by atoms with van der Waals surface area (Å²) in [5.41, 5.74) is 0.939. The number of carbonyl (C=O) groups excluding carboxylic acids is 1. The molecule has 23 heavy (non-hydrogen) atoms. The number of halogens is 2. The molecule has 1 N–H and O–H groups in total. The SMILES string of the molecule is O=C(CCc1cc2ccccc2s1)NCc1ccc(Cl)c(Cl)c1. The smallest absolute Gasteiger partial charge is 0.220 e. The van der Waals surface area contributed by atoms with Crippen LogP contribution in [-0.4, -0.2) is 5.91 Å². The molecular weight excluding hydrogens is 349 g/mol. The molecule has 1 amide bonds. The Balaban J connectivity index is 1.52. The lowest BCUT2D eigenvalue weighted by molar-refractivity contribution is -0.121. The Hall–Kier alpha value is -1.55. The van der Waals surface area contributed by atoms with Crippen LogP contribution in [0.3, 0.4) is 0 Å². The first-order chi connectivity index (χ1) is 11.1. The standard InChI is InChI=1S/C18H15Cl2NOS/c19-15-7-5-12(9-16(15)20)11-21-18(22)8-6-14-10-13-3-1-2-4-17(13)23-14/h1-5,7,9-10H,6,8,11H2,(H,21,22). The molecule has 118 valence electrons. The maximum Gasteiger partial charge on any atom is 0.220 e. The van der Waals surface area contributed by atoms with E-state index >= 15 is 0 Å². The van der Waals surface area contributed by atoms with Crippen LogP contribution in [0.25, 0.3) is 10.1 Å². The van der Waals surface area contributed by atoms with E-state index in [1.807, 2.05) is 18.2 Å². The average Bonchev–Trinajstić information content (AvgIpc) is 2.97. The molecule has 3 rings (SSSR count). The van der Waals surface area contributed by atoms with Gasteiger partial charge in [0.15, 0.2) is 0 Å². The lowest BCUT2D eigenvalue weighted by atomic mass is 10.2. The molecule has 0 aliphatic rings. The molecule has 0 bridgehead atoms. The van der Waals surface area contributed by atoms with E-state index in [4.69, 9.17) is 23.2 Å². The first-order valence-electron chi connectivity index (χ1n) is 7.30. The third kappa shape index (κ3) is 4.25. The van der Waals surface area contributed by atoms with Crippen LogP contribution in [0, 0.1) is 0 Å². The van der Waals surface area contributed by atoms with E-state index in [0.29, 0.717) is 23.0 Å². The number of thiophene rings is 1. The lowest BCUT2D eigenvalue weighted by Gasteiger charge is -2.06. The van der Waals surface area contributed by atoms with Crippen molar-refractivity contribution in [1.82, 2.24) is 5.32 Å². The molecule has 2 aromatic carbocycles. The molecule has 1 aromatic heterocycles. The molecule has 0 atom stereocenters. The lowest BCUT2D eigenvalue weighted by Crippen LogP contribution is -2.22. The second-order valence-corrected chi connectivity index (χ2v) is 7.26. The number of benzene rings is 2. The molecule has 0 saturated heterocycles. The maximum atomic E-state index is 12.0. The van der Waals surface area contributed by atoms with Crippen LogP contribution in [0.5, 0.6) is 0 Å². The summed E-state index contributed by atoms with van der Waals surface area (Å²) in [6, 6.07) is 15.8. The summed E-state index contributed by atoms with van der Waals surface area (Å²) in [6.45, 7) is 0.460. The summed E-state index contributed by atoms with van der Waals surface area (Å²) in [5.74, 6) is 0.0357. The predicted molar refractivity (Wildman–Crippen MR) is 98.5 cm³/mol. The second kappa shape index (κ2) is 7.35. The van der Waals surface area contributed by atoms with Crippen LogP contribution >= 0.6 is 34.5 Å². The highest BCUT2D eigenvalue weighted by Crippen LogP contribution is 2.26. The summed E-state index contributed by atoms with van der Waals surface area (Å²) >= 11 is 13.6. The molecule has 2 nitrogen and oxygen atoms in total. The van der Waals surface area contributed by atoms with Gasteiger partial charge in [0.05, 0.1) is 10.0 Å². The Kier molecular flexibility index (Phi) is 5.21. The van der Waals surface area contributed by atoms with Crippen LogP contribution < -0.4 is 5.32 Å². The number of aryl methyl sites for hydroxylation is 1. The van der Waals surface area contributed by atoms with E-state index in [-0.39, 0.29) is 5.91 Å². The summed E-state index contributed by atoms with van der Waals surface area (Å²) in [5, 5.41) is 5.18. The zero-order valence-electron chi connectivity index (χ0n) is 12.3. The zero-order valence-corrected chi connectivity index (χ0v) is 14.6. The third-order valence-corrected chi connectivity index (χ3v) is 5.46. The number of hydrogen-bond acceptors (Lipinski definition) is 2. The minimum Gasteiger partial charge on any atom is -0.352 e. The Morgan fingerprint density at radius 3 is 2.65 bits per heavy atom. The van der Waals surface area contributed by atoms with Crippen molar-refractivity contribution >= 4 is 50.5 Å². The molecule has 0 saturated carbocycles. The van der Waals surface area contributed by atoms with E-state index in [1.54, 1.807) is 23.5 Å². The van der Waals surface area contributed by atoms with Crippen molar-refractivity contribution < 1.29 is 4.79 Å². The number of hydrogen-bond donors (Lipinski definition) is 1. The van der Waals surface area contributed by atoms with Gasteiger partial charge in [-0.1, -0.05) is 47.5 Å². The van der Waals surface area contributed by atoms with Gasteiger partial charge < -0.3 is 5.32 Å². The molecule has 0 unspecified atom stereocenters. The van der Waals surface area contributed by atoms with Crippen molar-refractivity contribution in [3.05, 3.63) is 69.0 Å². The van der Waals surface area contributed by atoms with Gasteiger partial charge in [-0.25, -0.2) is 0 Å². The Morgan fingerprint density at radius 2 is 1.87 bits per heavy atom. The van der Waals surface area contributed by atoms with Crippen LogP contribution in [0.1, 0.15) is 16.9 Å². The number of rotatable bonds is 5. The molecule has 1 heterocycles. The average molecular weight is 364 g/mol. The number of amides is 1. The summed E-state index contributed by atoms with van der Waals surface area (Å²) in [4.78, 5) is 13.2. The molecule has 5 heteroatoms. The van der Waals surface area contributed by atoms with Crippen LogP contribution in [0.15, 0.2) is 48.5 Å². The van der Waals surface area contributed by atoms with E-state index in [1.165, 1.54) is 15.0 Å². The maximum absolute atomic E-state index is 12.0. The largest absolute Gasteiger partial charge is 0.352 e. The van der Waals surface area contributed by atoms with Gasteiger partial charge in [-0.05, 0) is 41.6 Å². The molecule has 3 aromatic rings. The fraction of sp³-hybridized carbons (Fsp3) is 0.167. The van der Waals surface area contributed by atoms with E-state index in [9.17, 15) is 4.79 Å². The first kappa shape index (κ1) is 16.3. The molecule has 0 aliphatic heterocycles. The van der Waals surface area contributed by atoms with Crippen molar-refractivity contribution in [2.24, 2.45) is 0 Å². The second-order valence-electron chi connectivity index (χ2n) is 5.28. The van der Waals surface area contributed by atoms with Gasteiger partial charge in [0.25, 0.3) is 0 Å². The van der Waals surface area contributed by atoms with Crippen molar-refractivity contribution in [3.63, 3.8) is 0 Å². The molecule has 0 aliphatic carbocycles. The summed E-state index contributed by atoms with van der Waals surface area (Å²) in [6.07, 6.45) is 1.24. The number of carbonyl (C=O) groups is 1.